The molecular formula is C19H18N4OS. The van der Waals surface area contributed by atoms with E-state index in [1.165, 1.54) is 16.0 Å². The average molecular weight is 350 g/mol. The topological polar surface area (TPSA) is 55.1 Å². The molecule has 25 heavy (non-hydrogen) atoms. The molecule has 0 bridgehead atoms. The van der Waals surface area contributed by atoms with Gasteiger partial charge < -0.3 is 0 Å². The largest absolute Gasteiger partial charge is 0.288 e. The van der Waals surface area contributed by atoms with Gasteiger partial charge in [0.2, 0.25) is 0 Å². The van der Waals surface area contributed by atoms with E-state index in [1.54, 1.807) is 11.3 Å². The summed E-state index contributed by atoms with van der Waals surface area (Å²) in [5.41, 5.74) is 5.18. The van der Waals surface area contributed by atoms with Crippen LogP contribution in [-0.2, 0) is 19.6 Å². The quantitative estimate of drug-likeness (QED) is 0.522. The van der Waals surface area contributed by atoms with E-state index in [0.717, 1.165) is 36.4 Å². The molecule has 0 aliphatic rings. The normalized spacial score (nSPS) is 11.4. The van der Waals surface area contributed by atoms with Gasteiger partial charge in [0.05, 0.1) is 5.69 Å². The number of rotatable bonds is 6. The Morgan fingerprint density at radius 3 is 2.72 bits per heavy atom. The molecule has 5 nitrogen and oxygen atoms in total. The average Bonchev–Trinajstić information content (AvgIpc) is 3.24. The molecule has 0 saturated heterocycles. The number of hydrogen-bond acceptors (Lipinski definition) is 6. The fourth-order valence-electron chi connectivity index (χ4n) is 2.84. The van der Waals surface area contributed by atoms with Crippen LogP contribution in [0.3, 0.4) is 0 Å². The van der Waals surface area contributed by atoms with Crippen molar-refractivity contribution in [3.05, 3.63) is 75.7 Å². The smallest absolute Gasteiger partial charge is 0.135 e. The molecule has 0 unspecified atom stereocenters. The molecule has 0 spiro atoms. The van der Waals surface area contributed by atoms with Gasteiger partial charge in [-0.3, -0.25) is 9.88 Å². The molecule has 3 aromatic heterocycles. The first-order chi connectivity index (χ1) is 12.3. The summed E-state index contributed by atoms with van der Waals surface area (Å²) in [6.45, 7) is 4.68. The van der Waals surface area contributed by atoms with Gasteiger partial charge in [0, 0.05) is 30.7 Å². The standard InChI is InChI=1S/C19H18N4OS/c1-14-7-9-25-19(14)13-23(12-16-4-2-3-8-20-16)11-15-5-6-17-18(10-15)22-24-21-17/h2-10H,11-13H2,1H3. The van der Waals surface area contributed by atoms with Gasteiger partial charge in [-0.2, -0.15) is 0 Å². The Kier molecular flexibility index (Phi) is 4.54. The van der Waals surface area contributed by atoms with Crippen LogP contribution in [-0.4, -0.2) is 20.2 Å². The van der Waals surface area contributed by atoms with E-state index in [1.807, 2.05) is 30.5 Å². The molecule has 0 N–H and O–H groups in total. The van der Waals surface area contributed by atoms with E-state index in [9.17, 15) is 0 Å². The van der Waals surface area contributed by atoms with E-state index in [4.69, 9.17) is 4.63 Å². The van der Waals surface area contributed by atoms with Crippen LogP contribution in [0.25, 0.3) is 11.0 Å². The number of aryl methyl sites for hydroxylation is 1. The molecule has 0 atom stereocenters. The van der Waals surface area contributed by atoms with Crippen LogP contribution in [0, 0.1) is 6.92 Å². The van der Waals surface area contributed by atoms with Crippen LogP contribution >= 0.6 is 11.3 Å². The Morgan fingerprint density at radius 2 is 1.92 bits per heavy atom. The van der Waals surface area contributed by atoms with Crippen molar-refractivity contribution in [3.63, 3.8) is 0 Å². The Morgan fingerprint density at radius 1 is 1.00 bits per heavy atom. The molecule has 0 radical (unpaired) electrons. The van der Waals surface area contributed by atoms with Crippen molar-refractivity contribution in [1.82, 2.24) is 20.2 Å². The number of thiophene rings is 1. The third-order valence-electron chi connectivity index (χ3n) is 4.17. The molecule has 3 heterocycles. The molecule has 126 valence electrons. The number of nitrogens with zero attached hydrogens (tertiary/aromatic N) is 4. The summed E-state index contributed by atoms with van der Waals surface area (Å²) >= 11 is 1.80. The number of pyridine rings is 1. The number of fused-ring (bicyclic) bond motifs is 1. The first-order valence-electron chi connectivity index (χ1n) is 8.14. The predicted octanol–water partition coefficient (Wildman–Crippen LogP) is 4.19. The van der Waals surface area contributed by atoms with Gasteiger partial charge in [0.15, 0.2) is 0 Å². The lowest BCUT2D eigenvalue weighted by atomic mass is 10.1. The third-order valence-corrected chi connectivity index (χ3v) is 5.18. The molecule has 6 heteroatoms. The summed E-state index contributed by atoms with van der Waals surface area (Å²) in [5.74, 6) is 0. The van der Waals surface area contributed by atoms with E-state index < -0.39 is 0 Å². The molecule has 0 amide bonds. The zero-order chi connectivity index (χ0) is 17.1. The Bertz CT molecular complexity index is 964. The molecule has 4 aromatic rings. The van der Waals surface area contributed by atoms with E-state index in [-0.39, 0.29) is 0 Å². The minimum atomic E-state index is 0.786. The monoisotopic (exact) mass is 350 g/mol. The predicted molar refractivity (Wildman–Crippen MR) is 98.0 cm³/mol. The first-order valence-corrected chi connectivity index (χ1v) is 9.02. The van der Waals surface area contributed by atoms with Crippen LogP contribution < -0.4 is 0 Å². The summed E-state index contributed by atoms with van der Waals surface area (Å²) < 4.78 is 4.80. The van der Waals surface area contributed by atoms with Crippen molar-refractivity contribution in [3.8, 4) is 0 Å². The second-order valence-electron chi connectivity index (χ2n) is 6.08. The summed E-state index contributed by atoms with van der Waals surface area (Å²) in [4.78, 5) is 8.27. The van der Waals surface area contributed by atoms with Gasteiger partial charge >= 0.3 is 0 Å². The summed E-state index contributed by atoms with van der Waals surface area (Å²) in [6, 6.07) is 14.3. The highest BCUT2D eigenvalue weighted by Crippen LogP contribution is 2.21. The highest BCUT2D eigenvalue weighted by Gasteiger charge is 2.12. The van der Waals surface area contributed by atoms with Gasteiger partial charge in [-0.1, -0.05) is 12.1 Å². The van der Waals surface area contributed by atoms with Gasteiger partial charge in [-0.05, 0) is 64.1 Å². The molecule has 0 saturated carbocycles. The van der Waals surface area contributed by atoms with Crippen molar-refractivity contribution in [2.75, 3.05) is 0 Å². The fourth-order valence-corrected chi connectivity index (χ4v) is 3.79. The molecule has 4 rings (SSSR count). The van der Waals surface area contributed by atoms with Gasteiger partial charge in [-0.15, -0.1) is 11.3 Å². The van der Waals surface area contributed by atoms with Crippen LogP contribution in [0.2, 0.25) is 0 Å². The van der Waals surface area contributed by atoms with Crippen LogP contribution in [0.1, 0.15) is 21.7 Å². The third kappa shape index (κ3) is 3.75. The van der Waals surface area contributed by atoms with Gasteiger partial charge in [-0.25, -0.2) is 4.63 Å². The first kappa shape index (κ1) is 15.9. The van der Waals surface area contributed by atoms with Gasteiger partial charge in [0.1, 0.15) is 11.0 Å². The Balaban J connectivity index is 1.58. The van der Waals surface area contributed by atoms with Crippen molar-refractivity contribution in [2.24, 2.45) is 0 Å². The number of aromatic nitrogens is 3. The summed E-state index contributed by atoms with van der Waals surface area (Å²) in [7, 11) is 0. The molecule has 0 aliphatic carbocycles. The van der Waals surface area contributed by atoms with E-state index >= 15 is 0 Å². The van der Waals surface area contributed by atoms with Crippen molar-refractivity contribution in [2.45, 2.75) is 26.6 Å². The maximum absolute atomic E-state index is 4.80. The van der Waals surface area contributed by atoms with Crippen LogP contribution in [0.5, 0.6) is 0 Å². The lowest BCUT2D eigenvalue weighted by molar-refractivity contribution is 0.246. The van der Waals surface area contributed by atoms with Gasteiger partial charge in [0.25, 0.3) is 0 Å². The number of hydrogen-bond donors (Lipinski definition) is 0. The summed E-state index contributed by atoms with van der Waals surface area (Å²) in [5, 5.41) is 9.97. The van der Waals surface area contributed by atoms with Crippen molar-refractivity contribution >= 4 is 22.4 Å². The lowest BCUT2D eigenvalue weighted by Crippen LogP contribution is -2.22. The van der Waals surface area contributed by atoms with E-state index in [2.05, 4.69) is 50.7 Å². The Hall–Kier alpha value is -2.57. The van der Waals surface area contributed by atoms with Crippen molar-refractivity contribution < 1.29 is 4.63 Å². The minimum Gasteiger partial charge on any atom is -0.288 e. The van der Waals surface area contributed by atoms with Crippen LogP contribution in [0.4, 0.5) is 0 Å². The van der Waals surface area contributed by atoms with Crippen LogP contribution in [0.15, 0.2) is 58.7 Å². The number of benzene rings is 1. The highest BCUT2D eigenvalue weighted by atomic mass is 32.1. The van der Waals surface area contributed by atoms with E-state index in [0.29, 0.717) is 0 Å². The zero-order valence-electron chi connectivity index (χ0n) is 13.9. The fraction of sp³-hybridized carbons (Fsp3) is 0.211. The second kappa shape index (κ2) is 7.13. The molecule has 1 aromatic carbocycles. The molecule has 0 aliphatic heterocycles. The maximum Gasteiger partial charge on any atom is 0.135 e. The highest BCUT2D eigenvalue weighted by molar-refractivity contribution is 7.10. The maximum atomic E-state index is 4.80. The lowest BCUT2D eigenvalue weighted by Gasteiger charge is -2.22. The van der Waals surface area contributed by atoms with Crippen molar-refractivity contribution in [1.29, 1.82) is 0 Å². The zero-order valence-corrected chi connectivity index (χ0v) is 14.7. The minimum absolute atomic E-state index is 0.786. The molecule has 0 fully saturated rings. The molecular weight excluding hydrogens is 332 g/mol. The Labute approximate surface area is 149 Å². The summed E-state index contributed by atoms with van der Waals surface area (Å²) in [6.07, 6.45) is 1.84. The SMILES string of the molecule is Cc1ccsc1CN(Cc1ccc2nonc2c1)Cc1ccccn1. The second-order valence-corrected chi connectivity index (χ2v) is 7.08.